The van der Waals surface area contributed by atoms with Crippen molar-refractivity contribution in [2.24, 2.45) is 17.3 Å². The SMILES string of the molecule is CCC12CC(NC(=O)C(C)C)(C1)[C@H]2C. The van der Waals surface area contributed by atoms with E-state index in [1.807, 2.05) is 13.8 Å². The summed E-state index contributed by atoms with van der Waals surface area (Å²) in [4.78, 5) is 11.6. The number of carbonyl (C=O) groups excluding carboxylic acids is 1. The fraction of sp³-hybridized carbons (Fsp3) is 0.917. The highest BCUT2D eigenvalue weighted by Crippen LogP contribution is 2.72. The molecule has 0 saturated heterocycles. The molecule has 80 valence electrons. The van der Waals surface area contributed by atoms with Gasteiger partial charge in [-0.05, 0) is 30.6 Å². The molecule has 3 aliphatic carbocycles. The highest BCUT2D eigenvalue weighted by molar-refractivity contribution is 5.79. The summed E-state index contributed by atoms with van der Waals surface area (Å²) >= 11 is 0. The Hall–Kier alpha value is -0.530. The summed E-state index contributed by atoms with van der Waals surface area (Å²) in [5, 5.41) is 3.23. The Kier molecular flexibility index (Phi) is 1.96. The molecule has 0 aromatic heterocycles. The van der Waals surface area contributed by atoms with Crippen molar-refractivity contribution in [2.75, 3.05) is 0 Å². The third-order valence-electron chi connectivity index (χ3n) is 4.68. The van der Waals surface area contributed by atoms with Gasteiger partial charge in [0.25, 0.3) is 0 Å². The average Bonchev–Trinajstić information content (AvgIpc) is 2.10. The number of hydrogen-bond acceptors (Lipinski definition) is 1. The Morgan fingerprint density at radius 1 is 1.50 bits per heavy atom. The van der Waals surface area contributed by atoms with Gasteiger partial charge in [-0.2, -0.15) is 0 Å². The maximum Gasteiger partial charge on any atom is 0.222 e. The van der Waals surface area contributed by atoms with E-state index in [1.165, 1.54) is 19.3 Å². The number of amides is 1. The number of carbonyl (C=O) groups is 1. The fourth-order valence-electron chi connectivity index (χ4n) is 3.28. The molecule has 0 heterocycles. The van der Waals surface area contributed by atoms with E-state index < -0.39 is 0 Å². The van der Waals surface area contributed by atoms with Crippen molar-refractivity contribution in [3.63, 3.8) is 0 Å². The average molecular weight is 195 g/mol. The van der Waals surface area contributed by atoms with Crippen molar-refractivity contribution in [3.05, 3.63) is 0 Å². The quantitative estimate of drug-likeness (QED) is 0.735. The van der Waals surface area contributed by atoms with Crippen LogP contribution in [0.15, 0.2) is 0 Å². The van der Waals surface area contributed by atoms with Gasteiger partial charge in [0, 0.05) is 11.5 Å². The maximum absolute atomic E-state index is 11.6. The molecule has 2 nitrogen and oxygen atoms in total. The van der Waals surface area contributed by atoms with E-state index in [1.54, 1.807) is 0 Å². The predicted octanol–water partition coefficient (Wildman–Crippen LogP) is 2.34. The molecule has 3 saturated carbocycles. The third kappa shape index (κ3) is 0.999. The van der Waals surface area contributed by atoms with Gasteiger partial charge in [0.2, 0.25) is 5.91 Å². The molecule has 0 radical (unpaired) electrons. The molecular formula is C12H21NO. The lowest BCUT2D eigenvalue weighted by molar-refractivity contribution is -0.223. The van der Waals surface area contributed by atoms with E-state index in [0.717, 1.165) is 0 Å². The van der Waals surface area contributed by atoms with Crippen LogP contribution in [-0.2, 0) is 4.79 Å². The van der Waals surface area contributed by atoms with Gasteiger partial charge in [-0.15, -0.1) is 0 Å². The second-order valence-corrected chi connectivity index (χ2v) is 5.59. The summed E-state index contributed by atoms with van der Waals surface area (Å²) < 4.78 is 0. The van der Waals surface area contributed by atoms with E-state index in [2.05, 4.69) is 19.2 Å². The Bertz CT molecular complexity index is 263. The molecular weight excluding hydrogens is 174 g/mol. The Labute approximate surface area is 86.5 Å². The highest BCUT2D eigenvalue weighted by atomic mass is 16.2. The summed E-state index contributed by atoms with van der Waals surface area (Å²) in [5.74, 6) is 1.04. The zero-order valence-corrected chi connectivity index (χ0v) is 9.68. The molecule has 0 aliphatic heterocycles. The zero-order chi connectivity index (χ0) is 10.6. The first-order valence-electron chi connectivity index (χ1n) is 5.78. The third-order valence-corrected chi connectivity index (χ3v) is 4.68. The van der Waals surface area contributed by atoms with Crippen LogP contribution in [0.3, 0.4) is 0 Å². The van der Waals surface area contributed by atoms with Gasteiger partial charge in [-0.1, -0.05) is 27.7 Å². The van der Waals surface area contributed by atoms with Gasteiger partial charge >= 0.3 is 0 Å². The van der Waals surface area contributed by atoms with Crippen LogP contribution in [-0.4, -0.2) is 11.4 Å². The lowest BCUT2D eigenvalue weighted by Crippen LogP contribution is -2.80. The second kappa shape index (κ2) is 2.74. The molecule has 3 fully saturated rings. The molecule has 1 amide bonds. The van der Waals surface area contributed by atoms with Crippen molar-refractivity contribution in [1.82, 2.24) is 5.32 Å². The molecule has 0 aromatic carbocycles. The summed E-state index contributed by atoms with van der Waals surface area (Å²) in [5.41, 5.74) is 0.779. The van der Waals surface area contributed by atoms with Crippen LogP contribution in [0.4, 0.5) is 0 Å². The predicted molar refractivity (Wildman–Crippen MR) is 56.8 cm³/mol. The van der Waals surface area contributed by atoms with Crippen molar-refractivity contribution in [2.45, 2.75) is 52.5 Å². The monoisotopic (exact) mass is 195 g/mol. The van der Waals surface area contributed by atoms with E-state index in [4.69, 9.17) is 0 Å². The molecule has 1 atom stereocenters. The molecule has 14 heavy (non-hydrogen) atoms. The van der Waals surface area contributed by atoms with Gasteiger partial charge in [-0.25, -0.2) is 0 Å². The summed E-state index contributed by atoms with van der Waals surface area (Å²) in [6.07, 6.45) is 3.71. The Morgan fingerprint density at radius 3 is 2.43 bits per heavy atom. The van der Waals surface area contributed by atoms with Gasteiger partial charge < -0.3 is 5.32 Å². The standard InChI is InChI=1S/C12H21NO/c1-5-11-6-12(7-11,9(11)4)13-10(14)8(2)3/h8-9H,5-7H2,1-4H3,(H,13,14)/t9-,11?,12?/m0/s1. The van der Waals surface area contributed by atoms with Crippen molar-refractivity contribution < 1.29 is 4.79 Å². The van der Waals surface area contributed by atoms with Gasteiger partial charge in [0.15, 0.2) is 0 Å². The minimum atomic E-state index is 0.119. The Morgan fingerprint density at radius 2 is 2.07 bits per heavy atom. The van der Waals surface area contributed by atoms with Gasteiger partial charge in [0.1, 0.15) is 0 Å². The smallest absolute Gasteiger partial charge is 0.222 e. The number of nitrogens with one attached hydrogen (secondary N) is 1. The summed E-state index contributed by atoms with van der Waals surface area (Å²) in [6.45, 7) is 8.48. The first-order chi connectivity index (χ1) is 6.46. The minimum absolute atomic E-state index is 0.119. The zero-order valence-electron chi connectivity index (χ0n) is 9.68. The van der Waals surface area contributed by atoms with E-state index in [0.29, 0.717) is 11.3 Å². The van der Waals surface area contributed by atoms with Crippen LogP contribution in [0.2, 0.25) is 0 Å². The molecule has 3 aliphatic rings. The van der Waals surface area contributed by atoms with Crippen molar-refractivity contribution >= 4 is 5.91 Å². The van der Waals surface area contributed by atoms with Crippen LogP contribution in [0.1, 0.15) is 47.0 Å². The van der Waals surface area contributed by atoms with Crippen LogP contribution >= 0.6 is 0 Å². The highest BCUT2D eigenvalue weighted by Gasteiger charge is 2.72. The molecule has 2 heteroatoms. The van der Waals surface area contributed by atoms with E-state index >= 15 is 0 Å². The molecule has 2 bridgehead atoms. The van der Waals surface area contributed by atoms with Gasteiger partial charge in [0.05, 0.1) is 0 Å². The van der Waals surface area contributed by atoms with Crippen molar-refractivity contribution in [3.8, 4) is 0 Å². The van der Waals surface area contributed by atoms with E-state index in [-0.39, 0.29) is 17.4 Å². The maximum atomic E-state index is 11.6. The van der Waals surface area contributed by atoms with Crippen molar-refractivity contribution in [1.29, 1.82) is 0 Å². The fourth-order valence-corrected chi connectivity index (χ4v) is 3.28. The Balaban J connectivity index is 1.95. The second-order valence-electron chi connectivity index (χ2n) is 5.59. The summed E-state index contributed by atoms with van der Waals surface area (Å²) in [7, 11) is 0. The van der Waals surface area contributed by atoms with E-state index in [9.17, 15) is 4.79 Å². The minimum Gasteiger partial charge on any atom is -0.350 e. The first kappa shape index (κ1) is 10.0. The molecule has 0 spiro atoms. The molecule has 3 rings (SSSR count). The number of hydrogen-bond donors (Lipinski definition) is 1. The van der Waals surface area contributed by atoms with Crippen LogP contribution < -0.4 is 5.32 Å². The van der Waals surface area contributed by atoms with Gasteiger partial charge in [-0.3, -0.25) is 4.79 Å². The molecule has 0 unspecified atom stereocenters. The molecule has 0 aromatic rings. The topological polar surface area (TPSA) is 29.1 Å². The largest absolute Gasteiger partial charge is 0.350 e. The first-order valence-corrected chi connectivity index (χ1v) is 5.78. The molecule has 1 N–H and O–H groups in total. The lowest BCUT2D eigenvalue weighted by Gasteiger charge is -2.76. The summed E-state index contributed by atoms with van der Waals surface area (Å²) in [6, 6.07) is 0. The van der Waals surface area contributed by atoms with Crippen LogP contribution in [0.25, 0.3) is 0 Å². The normalized spacial score (nSPS) is 44.2. The van der Waals surface area contributed by atoms with Crippen LogP contribution in [0, 0.1) is 17.3 Å². The number of rotatable bonds is 3. The lowest BCUT2D eigenvalue weighted by atomic mass is 9.32. The van der Waals surface area contributed by atoms with Crippen LogP contribution in [0.5, 0.6) is 0 Å².